The summed E-state index contributed by atoms with van der Waals surface area (Å²) in [6.45, 7) is 1.97. The van der Waals surface area contributed by atoms with E-state index in [1.165, 1.54) is 32.1 Å². The number of aliphatic imine (C=N–C) groups is 1. The molecule has 0 amide bonds. The number of nitrogens with zero attached hydrogens (tertiary/aromatic N) is 2. The number of aromatic nitrogens is 2. The Morgan fingerprint density at radius 3 is 2.81 bits per heavy atom. The Bertz CT molecular complexity index is 362. The lowest BCUT2D eigenvalue weighted by Gasteiger charge is -2.19. The van der Waals surface area contributed by atoms with Crippen LogP contribution in [0.25, 0.3) is 0 Å². The van der Waals surface area contributed by atoms with Crippen LogP contribution in [-0.2, 0) is 0 Å². The quantitative estimate of drug-likeness (QED) is 0.304. The molecule has 0 unspecified atom stereocenters. The molecule has 0 aromatic carbocycles. The summed E-state index contributed by atoms with van der Waals surface area (Å²) in [5, 5.41) is 6.88. The maximum atomic E-state index is 5.53. The first-order valence-corrected chi connectivity index (χ1v) is 5.86. The maximum Gasteiger partial charge on any atom is 0.146 e. The van der Waals surface area contributed by atoms with Gasteiger partial charge in [-0.25, -0.2) is 5.84 Å². The third-order valence-corrected chi connectivity index (χ3v) is 3.11. The molecule has 0 saturated heterocycles. The molecular weight excluding hydrogens is 202 g/mol. The Labute approximate surface area is 95.5 Å². The summed E-state index contributed by atoms with van der Waals surface area (Å²) in [7, 11) is 0. The Morgan fingerprint density at radius 2 is 2.25 bits per heavy atom. The number of aromatic amines is 1. The molecule has 0 bridgehead atoms. The zero-order valence-corrected chi connectivity index (χ0v) is 9.66. The van der Waals surface area contributed by atoms with Crippen molar-refractivity contribution in [3.8, 4) is 0 Å². The number of nitrogens with two attached hydrogens (primary N) is 1. The molecule has 88 valence electrons. The van der Waals surface area contributed by atoms with Gasteiger partial charge in [0.2, 0.25) is 0 Å². The van der Waals surface area contributed by atoms with Crippen molar-refractivity contribution in [2.45, 2.75) is 45.1 Å². The standard InChI is InChI=1S/C11H19N5/c1-8-10(7-13-16-8)11(15-12)14-9-5-3-2-4-6-9/h7,9H,2-6,12H2,1H3,(H,13,16)(H,14,15). The van der Waals surface area contributed by atoms with Crippen molar-refractivity contribution in [1.29, 1.82) is 0 Å². The minimum atomic E-state index is 0.411. The van der Waals surface area contributed by atoms with Gasteiger partial charge in [-0.2, -0.15) is 5.10 Å². The molecule has 1 fully saturated rings. The van der Waals surface area contributed by atoms with Crippen LogP contribution >= 0.6 is 0 Å². The van der Waals surface area contributed by atoms with Crippen molar-refractivity contribution in [2.24, 2.45) is 10.8 Å². The van der Waals surface area contributed by atoms with Crippen LogP contribution in [0.5, 0.6) is 0 Å². The first-order chi connectivity index (χ1) is 7.81. The van der Waals surface area contributed by atoms with Crippen molar-refractivity contribution >= 4 is 5.84 Å². The lowest BCUT2D eigenvalue weighted by molar-refractivity contribution is 0.442. The highest BCUT2D eigenvalue weighted by Gasteiger charge is 2.15. The zero-order valence-electron chi connectivity index (χ0n) is 9.66. The third kappa shape index (κ3) is 2.41. The van der Waals surface area contributed by atoms with E-state index in [-0.39, 0.29) is 0 Å². The van der Waals surface area contributed by atoms with Crippen molar-refractivity contribution in [2.75, 3.05) is 0 Å². The number of H-pyrrole nitrogens is 1. The van der Waals surface area contributed by atoms with Crippen molar-refractivity contribution < 1.29 is 0 Å². The molecule has 0 atom stereocenters. The monoisotopic (exact) mass is 221 g/mol. The van der Waals surface area contributed by atoms with Crippen LogP contribution in [0.15, 0.2) is 11.2 Å². The molecule has 0 aliphatic heterocycles. The van der Waals surface area contributed by atoms with E-state index in [4.69, 9.17) is 5.84 Å². The molecule has 1 saturated carbocycles. The molecule has 1 aliphatic carbocycles. The topological polar surface area (TPSA) is 79.1 Å². The second-order valence-electron chi connectivity index (χ2n) is 4.32. The number of rotatable bonds is 2. The lowest BCUT2D eigenvalue weighted by Crippen LogP contribution is -2.33. The summed E-state index contributed by atoms with van der Waals surface area (Å²) in [6, 6.07) is 0.411. The van der Waals surface area contributed by atoms with Crippen LogP contribution in [0, 0.1) is 6.92 Å². The van der Waals surface area contributed by atoms with E-state index < -0.39 is 0 Å². The van der Waals surface area contributed by atoms with Crippen LogP contribution in [0.3, 0.4) is 0 Å². The van der Waals surface area contributed by atoms with Gasteiger partial charge in [0.15, 0.2) is 0 Å². The molecule has 2 rings (SSSR count). The van der Waals surface area contributed by atoms with Crippen molar-refractivity contribution in [3.05, 3.63) is 17.5 Å². The number of hydrogen-bond donors (Lipinski definition) is 3. The first-order valence-electron chi connectivity index (χ1n) is 5.86. The third-order valence-electron chi connectivity index (χ3n) is 3.11. The number of hydrazine groups is 1. The highest BCUT2D eigenvalue weighted by atomic mass is 15.3. The van der Waals surface area contributed by atoms with E-state index in [0.717, 1.165) is 17.1 Å². The summed E-state index contributed by atoms with van der Waals surface area (Å²) < 4.78 is 0. The Hall–Kier alpha value is -1.36. The van der Waals surface area contributed by atoms with Gasteiger partial charge in [-0.15, -0.1) is 0 Å². The van der Waals surface area contributed by atoms with Crippen LogP contribution < -0.4 is 11.3 Å². The van der Waals surface area contributed by atoms with E-state index in [9.17, 15) is 0 Å². The summed E-state index contributed by atoms with van der Waals surface area (Å²) in [5.41, 5.74) is 4.64. The van der Waals surface area contributed by atoms with Crippen LogP contribution in [0.1, 0.15) is 43.4 Å². The van der Waals surface area contributed by atoms with E-state index in [2.05, 4.69) is 20.6 Å². The van der Waals surface area contributed by atoms with Gasteiger partial charge in [0.25, 0.3) is 0 Å². The van der Waals surface area contributed by atoms with Gasteiger partial charge in [0.05, 0.1) is 17.8 Å². The minimum absolute atomic E-state index is 0.411. The first kappa shape index (κ1) is 11.1. The predicted octanol–water partition coefficient (Wildman–Crippen LogP) is 1.26. The smallest absolute Gasteiger partial charge is 0.146 e. The van der Waals surface area contributed by atoms with Gasteiger partial charge in [0, 0.05) is 5.69 Å². The van der Waals surface area contributed by atoms with E-state index in [1.807, 2.05) is 6.92 Å². The van der Waals surface area contributed by atoms with E-state index in [1.54, 1.807) is 6.20 Å². The Morgan fingerprint density at radius 1 is 1.50 bits per heavy atom. The fourth-order valence-corrected chi connectivity index (χ4v) is 2.17. The normalized spacial score (nSPS) is 18.8. The van der Waals surface area contributed by atoms with Gasteiger partial charge >= 0.3 is 0 Å². The molecule has 5 nitrogen and oxygen atoms in total. The number of aryl methyl sites for hydroxylation is 1. The molecule has 16 heavy (non-hydrogen) atoms. The molecule has 0 radical (unpaired) electrons. The maximum absolute atomic E-state index is 5.53. The summed E-state index contributed by atoms with van der Waals surface area (Å²) in [5.74, 6) is 6.28. The average Bonchev–Trinajstić information content (AvgIpc) is 2.74. The van der Waals surface area contributed by atoms with Crippen molar-refractivity contribution in [1.82, 2.24) is 15.6 Å². The average molecular weight is 221 g/mol. The molecular formula is C11H19N5. The molecule has 1 aromatic rings. The summed E-state index contributed by atoms with van der Waals surface area (Å²) >= 11 is 0. The number of hydrogen-bond acceptors (Lipinski definition) is 3. The van der Waals surface area contributed by atoms with Crippen LogP contribution in [0.2, 0.25) is 0 Å². The Kier molecular flexibility index (Phi) is 3.56. The largest absolute Gasteiger partial charge is 0.308 e. The zero-order chi connectivity index (χ0) is 11.4. The Balaban J connectivity index is 2.15. The fourth-order valence-electron chi connectivity index (χ4n) is 2.17. The highest BCUT2D eigenvalue weighted by Crippen LogP contribution is 2.20. The van der Waals surface area contributed by atoms with Gasteiger partial charge < -0.3 is 5.43 Å². The fraction of sp³-hybridized carbons (Fsp3) is 0.636. The van der Waals surface area contributed by atoms with Crippen LogP contribution in [0.4, 0.5) is 0 Å². The predicted molar refractivity (Wildman–Crippen MR) is 64.1 cm³/mol. The molecule has 5 heteroatoms. The number of nitrogens with one attached hydrogen (secondary N) is 2. The summed E-state index contributed by atoms with van der Waals surface area (Å²) in [4.78, 5) is 4.68. The number of amidine groups is 1. The van der Waals surface area contributed by atoms with E-state index >= 15 is 0 Å². The van der Waals surface area contributed by atoms with Gasteiger partial charge in [-0.3, -0.25) is 10.1 Å². The second kappa shape index (κ2) is 5.12. The summed E-state index contributed by atoms with van der Waals surface area (Å²) in [6.07, 6.45) is 7.98. The highest BCUT2D eigenvalue weighted by molar-refractivity contribution is 5.99. The van der Waals surface area contributed by atoms with Gasteiger partial charge in [0.1, 0.15) is 5.84 Å². The molecule has 0 spiro atoms. The van der Waals surface area contributed by atoms with E-state index in [0.29, 0.717) is 6.04 Å². The van der Waals surface area contributed by atoms with Gasteiger partial charge in [-0.1, -0.05) is 19.3 Å². The SMILES string of the molecule is Cc1[nH]ncc1C(=NC1CCCCC1)NN. The molecule has 4 N–H and O–H groups in total. The second-order valence-corrected chi connectivity index (χ2v) is 4.32. The molecule has 1 heterocycles. The van der Waals surface area contributed by atoms with Crippen molar-refractivity contribution in [3.63, 3.8) is 0 Å². The lowest BCUT2D eigenvalue weighted by atomic mass is 9.96. The van der Waals surface area contributed by atoms with Crippen LogP contribution in [-0.4, -0.2) is 22.1 Å². The minimum Gasteiger partial charge on any atom is -0.308 e. The molecule has 1 aromatic heterocycles. The molecule has 1 aliphatic rings. The van der Waals surface area contributed by atoms with Gasteiger partial charge in [-0.05, 0) is 19.8 Å².